The Bertz CT molecular complexity index is 971. The molecule has 0 saturated carbocycles. The first-order valence-corrected chi connectivity index (χ1v) is 10.3. The zero-order chi connectivity index (χ0) is 19.2. The van der Waals surface area contributed by atoms with Gasteiger partial charge in [0, 0.05) is 26.4 Å². The van der Waals surface area contributed by atoms with Gasteiger partial charge in [-0.3, -0.25) is 9.59 Å². The summed E-state index contributed by atoms with van der Waals surface area (Å²) in [6.45, 7) is 0.366. The normalized spacial score (nSPS) is 24.2. The van der Waals surface area contributed by atoms with Crippen LogP contribution in [0.15, 0.2) is 18.3 Å². The minimum atomic E-state index is -3.36. The summed E-state index contributed by atoms with van der Waals surface area (Å²) in [5.41, 5.74) is 1.05. The minimum Gasteiger partial charge on any atom is -0.375 e. The number of aromatic amines is 1. The molecule has 2 aromatic heterocycles. The first-order chi connectivity index (χ1) is 12.9. The highest BCUT2D eigenvalue weighted by molar-refractivity contribution is 7.91. The van der Waals surface area contributed by atoms with E-state index in [1.807, 2.05) is 0 Å². The summed E-state index contributed by atoms with van der Waals surface area (Å²) < 4.78 is 29.3. The number of sulfone groups is 1. The monoisotopic (exact) mass is 393 g/mol. The second kappa shape index (κ2) is 6.57. The SMILES string of the molecule is COCC(=O)N1CCN(C(=O)c2nc3ncccc3[nH]2)[C@@H]2CS(=O)(=O)C[C@@H]21. The first kappa shape index (κ1) is 17.9. The van der Waals surface area contributed by atoms with Crippen molar-refractivity contribution < 1.29 is 22.7 Å². The van der Waals surface area contributed by atoms with E-state index in [1.165, 1.54) is 16.9 Å². The molecule has 11 heteroatoms. The summed E-state index contributed by atoms with van der Waals surface area (Å²) >= 11 is 0. The second-order valence-electron chi connectivity index (χ2n) is 6.69. The number of imidazole rings is 1. The Labute approximate surface area is 155 Å². The van der Waals surface area contributed by atoms with Crippen molar-refractivity contribution in [3.8, 4) is 0 Å². The van der Waals surface area contributed by atoms with E-state index in [9.17, 15) is 18.0 Å². The van der Waals surface area contributed by atoms with Crippen molar-refractivity contribution in [3.05, 3.63) is 24.2 Å². The zero-order valence-electron chi connectivity index (χ0n) is 14.7. The molecular formula is C16H19N5O5S. The van der Waals surface area contributed by atoms with Gasteiger partial charge in [-0.25, -0.2) is 18.4 Å². The number of carbonyl (C=O) groups is 2. The Morgan fingerprint density at radius 3 is 2.67 bits per heavy atom. The van der Waals surface area contributed by atoms with Crippen LogP contribution in [-0.4, -0.2) is 95.4 Å². The van der Waals surface area contributed by atoms with E-state index < -0.39 is 21.9 Å². The van der Waals surface area contributed by atoms with Gasteiger partial charge in [0.2, 0.25) is 5.91 Å². The molecule has 144 valence electrons. The van der Waals surface area contributed by atoms with Gasteiger partial charge in [-0.15, -0.1) is 0 Å². The van der Waals surface area contributed by atoms with Crippen LogP contribution in [0.4, 0.5) is 0 Å². The van der Waals surface area contributed by atoms with Gasteiger partial charge in [-0.05, 0) is 12.1 Å². The Morgan fingerprint density at radius 2 is 1.96 bits per heavy atom. The molecule has 0 aliphatic carbocycles. The molecule has 2 saturated heterocycles. The Morgan fingerprint density at radius 1 is 1.26 bits per heavy atom. The number of hydrogen-bond donors (Lipinski definition) is 1. The Kier molecular flexibility index (Phi) is 4.35. The predicted molar refractivity (Wildman–Crippen MR) is 94.7 cm³/mol. The summed E-state index contributed by atoms with van der Waals surface area (Å²) in [6.07, 6.45) is 1.58. The lowest BCUT2D eigenvalue weighted by Crippen LogP contribution is -2.62. The fourth-order valence-electron chi connectivity index (χ4n) is 3.80. The zero-order valence-corrected chi connectivity index (χ0v) is 15.5. The van der Waals surface area contributed by atoms with Crippen molar-refractivity contribution in [2.45, 2.75) is 12.1 Å². The summed E-state index contributed by atoms with van der Waals surface area (Å²) in [5, 5.41) is 0. The lowest BCUT2D eigenvalue weighted by molar-refractivity contribution is -0.140. The Hall–Kier alpha value is -2.53. The molecule has 0 bridgehead atoms. The maximum Gasteiger partial charge on any atom is 0.290 e. The average molecular weight is 393 g/mol. The van der Waals surface area contributed by atoms with Crippen molar-refractivity contribution in [2.24, 2.45) is 0 Å². The van der Waals surface area contributed by atoms with Crippen LogP contribution in [0.5, 0.6) is 0 Å². The third-order valence-electron chi connectivity index (χ3n) is 4.99. The number of hydrogen-bond acceptors (Lipinski definition) is 7. The summed E-state index contributed by atoms with van der Waals surface area (Å²) in [7, 11) is -1.94. The molecule has 2 fully saturated rings. The number of fused-ring (bicyclic) bond motifs is 2. The standard InChI is InChI=1S/C16H19N5O5S/c1-26-7-13(22)20-5-6-21(12-9-27(24,25)8-11(12)20)16(23)15-18-10-3-2-4-17-14(10)19-15/h2-4,11-12H,5-9H2,1H3,(H,17,18,19)/t11-,12+/m0/s1. The molecule has 27 heavy (non-hydrogen) atoms. The van der Waals surface area contributed by atoms with E-state index >= 15 is 0 Å². The Balaban J connectivity index is 1.63. The molecule has 4 rings (SSSR count). The van der Waals surface area contributed by atoms with Crippen LogP contribution in [0, 0.1) is 0 Å². The van der Waals surface area contributed by atoms with Crippen molar-refractivity contribution in [1.82, 2.24) is 24.8 Å². The van der Waals surface area contributed by atoms with E-state index in [2.05, 4.69) is 15.0 Å². The lowest BCUT2D eigenvalue weighted by atomic mass is 10.0. The molecule has 0 spiro atoms. The molecule has 2 aliphatic heterocycles. The highest BCUT2D eigenvalue weighted by Gasteiger charge is 2.49. The largest absolute Gasteiger partial charge is 0.375 e. The van der Waals surface area contributed by atoms with Crippen LogP contribution in [0.25, 0.3) is 11.2 Å². The van der Waals surface area contributed by atoms with Gasteiger partial charge >= 0.3 is 0 Å². The van der Waals surface area contributed by atoms with Gasteiger partial charge in [0.1, 0.15) is 6.61 Å². The number of aromatic nitrogens is 3. The van der Waals surface area contributed by atoms with Crippen molar-refractivity contribution in [3.63, 3.8) is 0 Å². The molecule has 2 aliphatic rings. The van der Waals surface area contributed by atoms with Gasteiger partial charge in [-0.2, -0.15) is 0 Å². The third-order valence-corrected chi connectivity index (χ3v) is 6.68. The summed E-state index contributed by atoms with van der Waals surface area (Å²) in [5.74, 6) is -0.871. The number of H-pyrrole nitrogens is 1. The molecule has 10 nitrogen and oxygen atoms in total. The van der Waals surface area contributed by atoms with Gasteiger partial charge in [0.25, 0.3) is 5.91 Å². The van der Waals surface area contributed by atoms with Crippen molar-refractivity contribution >= 4 is 32.8 Å². The van der Waals surface area contributed by atoms with Gasteiger partial charge < -0.3 is 19.5 Å². The molecule has 4 heterocycles. The van der Waals surface area contributed by atoms with E-state index in [0.29, 0.717) is 11.2 Å². The van der Waals surface area contributed by atoms with Gasteiger partial charge in [0.15, 0.2) is 21.3 Å². The van der Waals surface area contributed by atoms with Crippen LogP contribution < -0.4 is 0 Å². The molecular weight excluding hydrogens is 374 g/mol. The van der Waals surface area contributed by atoms with Crippen molar-refractivity contribution in [2.75, 3.05) is 38.3 Å². The molecule has 0 radical (unpaired) electrons. The number of nitrogens with one attached hydrogen (secondary N) is 1. The van der Waals surface area contributed by atoms with Crippen LogP contribution >= 0.6 is 0 Å². The van der Waals surface area contributed by atoms with Crippen LogP contribution in [-0.2, 0) is 19.4 Å². The smallest absolute Gasteiger partial charge is 0.290 e. The van der Waals surface area contributed by atoms with Crippen LogP contribution in [0.1, 0.15) is 10.6 Å². The number of amides is 2. The number of carbonyl (C=O) groups excluding carboxylic acids is 2. The topological polar surface area (TPSA) is 126 Å². The second-order valence-corrected chi connectivity index (χ2v) is 8.84. The number of piperazine rings is 1. The van der Waals surface area contributed by atoms with Crippen LogP contribution in [0.3, 0.4) is 0 Å². The van der Waals surface area contributed by atoms with Gasteiger partial charge in [0.05, 0.1) is 29.1 Å². The third kappa shape index (κ3) is 3.16. The molecule has 2 amide bonds. The number of pyridine rings is 1. The van der Waals surface area contributed by atoms with E-state index in [0.717, 1.165) is 0 Å². The maximum atomic E-state index is 13.0. The fraction of sp³-hybridized carbons (Fsp3) is 0.500. The predicted octanol–water partition coefficient (Wildman–Crippen LogP) is -0.946. The van der Waals surface area contributed by atoms with E-state index in [-0.39, 0.29) is 48.8 Å². The minimum absolute atomic E-state index is 0.114. The molecule has 2 aromatic rings. The van der Waals surface area contributed by atoms with Crippen LogP contribution in [0.2, 0.25) is 0 Å². The quantitative estimate of drug-likeness (QED) is 0.713. The maximum absolute atomic E-state index is 13.0. The highest BCUT2D eigenvalue weighted by atomic mass is 32.2. The van der Waals surface area contributed by atoms with E-state index in [1.54, 1.807) is 18.3 Å². The van der Waals surface area contributed by atoms with E-state index in [4.69, 9.17) is 4.74 Å². The van der Waals surface area contributed by atoms with Crippen molar-refractivity contribution in [1.29, 1.82) is 0 Å². The van der Waals surface area contributed by atoms with Gasteiger partial charge in [-0.1, -0.05) is 0 Å². The molecule has 2 atom stereocenters. The fourth-order valence-corrected chi connectivity index (χ4v) is 5.78. The number of rotatable bonds is 3. The first-order valence-electron chi connectivity index (χ1n) is 8.50. The molecule has 0 aromatic carbocycles. The number of nitrogens with zero attached hydrogens (tertiary/aromatic N) is 4. The number of ether oxygens (including phenoxy) is 1. The average Bonchev–Trinajstić information content (AvgIpc) is 3.19. The molecule has 1 N–H and O–H groups in total. The lowest BCUT2D eigenvalue weighted by Gasteiger charge is -2.43. The highest BCUT2D eigenvalue weighted by Crippen LogP contribution is 2.28. The number of methoxy groups -OCH3 is 1. The summed E-state index contributed by atoms with van der Waals surface area (Å²) in [6, 6.07) is 2.32. The summed E-state index contributed by atoms with van der Waals surface area (Å²) in [4.78, 5) is 39.6. The molecule has 0 unspecified atom stereocenters.